The third-order valence-electron chi connectivity index (χ3n) is 3.68. The fraction of sp³-hybridized carbons (Fsp3) is 0.333. The van der Waals surface area contributed by atoms with Crippen LogP contribution in [0.5, 0.6) is 0 Å². The Morgan fingerprint density at radius 1 is 0.636 bits per heavy atom. The van der Waals surface area contributed by atoms with E-state index in [1.807, 2.05) is 60.7 Å². The number of benzene rings is 2. The number of aliphatic hydroxyl groups is 2. The van der Waals surface area contributed by atoms with Gasteiger partial charge in [-0.3, -0.25) is 0 Å². The van der Waals surface area contributed by atoms with Gasteiger partial charge in [-0.25, -0.2) is 0 Å². The number of nitrogens with one attached hydrogen (secondary N) is 2. The van der Waals surface area contributed by atoms with Crippen LogP contribution in [0.15, 0.2) is 60.7 Å². The minimum Gasteiger partial charge on any atom is -0.394 e. The highest BCUT2D eigenvalue weighted by molar-refractivity contribution is 5.19. The maximum absolute atomic E-state index is 9.49. The van der Waals surface area contributed by atoms with Crippen molar-refractivity contribution < 1.29 is 10.2 Å². The van der Waals surface area contributed by atoms with Gasteiger partial charge in [-0.2, -0.15) is 0 Å². The minimum absolute atomic E-state index is 0.0616. The van der Waals surface area contributed by atoms with Crippen molar-refractivity contribution in [1.29, 1.82) is 0 Å². The van der Waals surface area contributed by atoms with Gasteiger partial charge in [-0.15, -0.1) is 0 Å². The molecule has 2 aromatic rings. The molecule has 0 saturated carbocycles. The van der Waals surface area contributed by atoms with Crippen molar-refractivity contribution >= 4 is 0 Å². The monoisotopic (exact) mass is 300 g/mol. The van der Waals surface area contributed by atoms with E-state index in [0.717, 1.165) is 11.1 Å². The molecule has 0 unspecified atom stereocenters. The van der Waals surface area contributed by atoms with Gasteiger partial charge in [0.1, 0.15) is 0 Å². The van der Waals surface area contributed by atoms with Crippen LogP contribution in [-0.4, -0.2) is 36.5 Å². The molecule has 4 N–H and O–H groups in total. The van der Waals surface area contributed by atoms with Gasteiger partial charge in [0.2, 0.25) is 0 Å². The fourth-order valence-corrected chi connectivity index (χ4v) is 2.44. The van der Waals surface area contributed by atoms with E-state index in [2.05, 4.69) is 10.6 Å². The van der Waals surface area contributed by atoms with E-state index in [0.29, 0.717) is 13.1 Å². The van der Waals surface area contributed by atoms with Crippen molar-refractivity contribution in [3.63, 3.8) is 0 Å². The zero-order chi connectivity index (χ0) is 15.6. The summed E-state index contributed by atoms with van der Waals surface area (Å²) in [5.74, 6) is 0. The van der Waals surface area contributed by atoms with E-state index in [-0.39, 0.29) is 25.3 Å². The molecule has 2 aromatic carbocycles. The van der Waals surface area contributed by atoms with Gasteiger partial charge in [0.25, 0.3) is 0 Å². The molecule has 0 aliphatic carbocycles. The zero-order valence-corrected chi connectivity index (χ0v) is 12.7. The first-order valence-electron chi connectivity index (χ1n) is 7.63. The maximum atomic E-state index is 9.49. The summed E-state index contributed by atoms with van der Waals surface area (Å²) in [6, 6.07) is 19.7. The second-order valence-electron chi connectivity index (χ2n) is 5.20. The lowest BCUT2D eigenvalue weighted by Crippen LogP contribution is -2.34. The van der Waals surface area contributed by atoms with Crippen LogP contribution >= 0.6 is 0 Å². The van der Waals surface area contributed by atoms with Crippen LogP contribution in [-0.2, 0) is 0 Å². The first-order chi connectivity index (χ1) is 10.8. The lowest BCUT2D eigenvalue weighted by molar-refractivity contribution is 0.234. The fourth-order valence-electron chi connectivity index (χ4n) is 2.44. The van der Waals surface area contributed by atoms with Crippen LogP contribution in [0, 0.1) is 0 Å². The van der Waals surface area contributed by atoms with Gasteiger partial charge < -0.3 is 20.8 Å². The third kappa shape index (κ3) is 4.93. The van der Waals surface area contributed by atoms with E-state index in [1.165, 1.54) is 0 Å². The Labute approximate surface area is 131 Å². The van der Waals surface area contributed by atoms with Gasteiger partial charge in [0, 0.05) is 13.1 Å². The topological polar surface area (TPSA) is 64.5 Å². The summed E-state index contributed by atoms with van der Waals surface area (Å²) in [6.45, 7) is 1.55. The number of aliphatic hydroxyl groups excluding tert-OH is 2. The molecule has 0 aliphatic rings. The predicted molar refractivity (Wildman–Crippen MR) is 88.5 cm³/mol. The van der Waals surface area contributed by atoms with E-state index < -0.39 is 0 Å². The van der Waals surface area contributed by atoms with E-state index in [9.17, 15) is 10.2 Å². The van der Waals surface area contributed by atoms with Crippen molar-refractivity contribution in [2.24, 2.45) is 0 Å². The molecular weight excluding hydrogens is 276 g/mol. The van der Waals surface area contributed by atoms with E-state index >= 15 is 0 Å². The Hall–Kier alpha value is -1.72. The molecule has 118 valence electrons. The van der Waals surface area contributed by atoms with E-state index in [4.69, 9.17) is 0 Å². The predicted octanol–water partition coefficient (Wildman–Crippen LogP) is 1.63. The van der Waals surface area contributed by atoms with Crippen LogP contribution in [0.3, 0.4) is 0 Å². The standard InChI is InChI=1S/C18H24N2O2/c21-13-17(15-7-3-1-4-8-15)19-11-12-20-18(14-22)16-9-5-2-6-10-16/h1-10,17-22H,11-14H2/t17-,18-/m1/s1. The average molecular weight is 300 g/mol. The molecule has 0 spiro atoms. The lowest BCUT2D eigenvalue weighted by Gasteiger charge is -2.20. The molecule has 0 radical (unpaired) electrons. The summed E-state index contributed by atoms with van der Waals surface area (Å²) in [4.78, 5) is 0. The van der Waals surface area contributed by atoms with Gasteiger partial charge in [-0.1, -0.05) is 60.7 Å². The normalized spacial score (nSPS) is 13.7. The quantitative estimate of drug-likeness (QED) is 0.532. The summed E-state index contributed by atoms with van der Waals surface area (Å²) >= 11 is 0. The molecule has 22 heavy (non-hydrogen) atoms. The molecule has 2 atom stereocenters. The largest absolute Gasteiger partial charge is 0.394 e. The Bertz CT molecular complexity index is 470. The molecular formula is C18H24N2O2. The molecule has 2 rings (SSSR count). The van der Waals surface area contributed by atoms with E-state index in [1.54, 1.807) is 0 Å². The Kier molecular flexibility index (Phi) is 7.06. The van der Waals surface area contributed by atoms with Gasteiger partial charge >= 0.3 is 0 Å². The minimum atomic E-state index is -0.0627. The van der Waals surface area contributed by atoms with Crippen molar-refractivity contribution in [3.05, 3.63) is 71.8 Å². The third-order valence-corrected chi connectivity index (χ3v) is 3.68. The average Bonchev–Trinajstić information content (AvgIpc) is 2.60. The molecule has 0 amide bonds. The molecule has 0 heterocycles. The zero-order valence-electron chi connectivity index (χ0n) is 12.7. The second kappa shape index (κ2) is 9.33. The molecule has 0 aliphatic heterocycles. The molecule has 0 aromatic heterocycles. The lowest BCUT2D eigenvalue weighted by atomic mass is 10.1. The molecule has 4 nitrogen and oxygen atoms in total. The summed E-state index contributed by atoms with van der Waals surface area (Å²) in [6.07, 6.45) is 0. The Balaban J connectivity index is 1.78. The van der Waals surface area contributed by atoms with Crippen molar-refractivity contribution in [2.45, 2.75) is 12.1 Å². The second-order valence-corrected chi connectivity index (χ2v) is 5.20. The summed E-state index contributed by atoms with van der Waals surface area (Å²) in [5, 5.41) is 25.6. The smallest absolute Gasteiger partial charge is 0.0626 e. The van der Waals surface area contributed by atoms with Gasteiger partial charge in [-0.05, 0) is 11.1 Å². The van der Waals surface area contributed by atoms with Crippen LogP contribution in [0.2, 0.25) is 0 Å². The van der Waals surface area contributed by atoms with Crippen LogP contribution in [0.4, 0.5) is 0 Å². The van der Waals surface area contributed by atoms with Gasteiger partial charge in [0.15, 0.2) is 0 Å². The molecule has 0 fully saturated rings. The summed E-state index contributed by atoms with van der Waals surface area (Å²) < 4.78 is 0. The maximum Gasteiger partial charge on any atom is 0.0626 e. The first kappa shape index (κ1) is 16.6. The Morgan fingerprint density at radius 3 is 1.32 bits per heavy atom. The van der Waals surface area contributed by atoms with Crippen LogP contribution in [0.1, 0.15) is 23.2 Å². The summed E-state index contributed by atoms with van der Waals surface area (Å²) in [5.41, 5.74) is 2.15. The van der Waals surface area contributed by atoms with Crippen LogP contribution in [0.25, 0.3) is 0 Å². The van der Waals surface area contributed by atoms with Gasteiger partial charge in [0.05, 0.1) is 25.3 Å². The van der Waals surface area contributed by atoms with Crippen molar-refractivity contribution in [3.8, 4) is 0 Å². The number of rotatable bonds is 9. The molecule has 4 heteroatoms. The van der Waals surface area contributed by atoms with Crippen molar-refractivity contribution in [2.75, 3.05) is 26.3 Å². The van der Waals surface area contributed by atoms with Crippen molar-refractivity contribution in [1.82, 2.24) is 10.6 Å². The summed E-state index contributed by atoms with van der Waals surface area (Å²) in [7, 11) is 0. The molecule has 0 bridgehead atoms. The Morgan fingerprint density at radius 2 is 1.00 bits per heavy atom. The first-order valence-corrected chi connectivity index (χ1v) is 7.63. The SMILES string of the molecule is OC[C@@H](NCCN[C@H](CO)c1ccccc1)c1ccccc1. The molecule has 0 saturated heterocycles. The number of hydrogen-bond acceptors (Lipinski definition) is 4. The highest BCUT2D eigenvalue weighted by atomic mass is 16.3. The van der Waals surface area contributed by atoms with Crippen LogP contribution < -0.4 is 10.6 Å². The highest BCUT2D eigenvalue weighted by Crippen LogP contribution is 2.12. The highest BCUT2D eigenvalue weighted by Gasteiger charge is 2.11. The number of hydrogen-bond donors (Lipinski definition) is 4.